The highest BCUT2D eigenvalue weighted by Crippen LogP contribution is 2.28. The summed E-state index contributed by atoms with van der Waals surface area (Å²) in [4.78, 5) is 0. The van der Waals surface area contributed by atoms with E-state index in [0.29, 0.717) is 0 Å². The second-order valence-corrected chi connectivity index (χ2v) is 5.13. The molecule has 3 nitrogen and oxygen atoms in total. The number of ether oxygens (including phenoxy) is 2. The van der Waals surface area contributed by atoms with Crippen LogP contribution in [-0.4, -0.2) is 26.9 Å². The van der Waals surface area contributed by atoms with Crippen LogP contribution in [0.1, 0.15) is 25.3 Å². The molecule has 0 aliphatic rings. The van der Waals surface area contributed by atoms with Gasteiger partial charge in [-0.2, -0.15) is 0 Å². The zero-order valence-corrected chi connectivity index (χ0v) is 13.0. The number of benzene rings is 2. The first-order chi connectivity index (χ1) is 10.4. The molecule has 3 heteroatoms. The molecule has 0 heterocycles. The molecule has 0 fully saturated rings. The van der Waals surface area contributed by atoms with Crippen LogP contribution in [0.4, 0.5) is 0 Å². The summed E-state index contributed by atoms with van der Waals surface area (Å²) in [5, 5.41) is 5.93. The Morgan fingerprint density at radius 3 is 2.71 bits per heavy atom. The Hall–Kier alpha value is -1.58. The first-order valence-electron chi connectivity index (χ1n) is 7.70. The summed E-state index contributed by atoms with van der Waals surface area (Å²) in [7, 11) is 1.72. The fourth-order valence-electron chi connectivity index (χ4n) is 2.35. The van der Waals surface area contributed by atoms with Crippen LogP contribution in [0.15, 0.2) is 36.4 Å². The van der Waals surface area contributed by atoms with Crippen molar-refractivity contribution in [3.63, 3.8) is 0 Å². The predicted molar refractivity (Wildman–Crippen MR) is 87.9 cm³/mol. The van der Waals surface area contributed by atoms with Crippen molar-refractivity contribution in [2.75, 3.05) is 26.9 Å². The van der Waals surface area contributed by atoms with E-state index in [-0.39, 0.29) is 0 Å². The lowest BCUT2D eigenvalue weighted by atomic mass is 10.0. The van der Waals surface area contributed by atoms with Crippen molar-refractivity contribution in [2.24, 2.45) is 0 Å². The summed E-state index contributed by atoms with van der Waals surface area (Å²) >= 11 is 0. The molecular formula is C18H25NO2. The summed E-state index contributed by atoms with van der Waals surface area (Å²) < 4.78 is 11.1. The Balaban J connectivity index is 2.19. The average molecular weight is 287 g/mol. The first kappa shape index (κ1) is 15.8. The normalized spacial score (nSPS) is 11.0. The molecule has 114 valence electrons. The Labute approximate surface area is 127 Å². The maximum atomic E-state index is 5.97. The summed E-state index contributed by atoms with van der Waals surface area (Å²) in [5.74, 6) is 0.993. The van der Waals surface area contributed by atoms with Crippen LogP contribution in [0.25, 0.3) is 10.8 Å². The van der Waals surface area contributed by atoms with E-state index in [1.54, 1.807) is 7.11 Å². The topological polar surface area (TPSA) is 30.5 Å². The number of nitrogens with one attached hydrogen (secondary N) is 1. The summed E-state index contributed by atoms with van der Waals surface area (Å²) in [6.45, 7) is 5.31. The van der Waals surface area contributed by atoms with E-state index in [1.807, 2.05) is 0 Å². The predicted octanol–water partition coefficient (Wildman–Crippen LogP) is 3.75. The second-order valence-electron chi connectivity index (χ2n) is 5.13. The van der Waals surface area contributed by atoms with Gasteiger partial charge in [-0.25, -0.2) is 0 Å². The minimum atomic E-state index is 0.719. The molecule has 1 N–H and O–H groups in total. The molecule has 0 atom stereocenters. The number of fused-ring (bicyclic) bond motifs is 1. The van der Waals surface area contributed by atoms with Crippen molar-refractivity contribution in [3.05, 3.63) is 42.0 Å². The standard InChI is InChI=1S/C18H25NO2/c1-3-4-12-21-18-10-9-15-7-5-6-8-16(15)17(18)14-19-11-13-20-2/h5-10,19H,3-4,11-14H2,1-2H3. The molecule has 2 rings (SSSR count). The lowest BCUT2D eigenvalue weighted by Crippen LogP contribution is -2.19. The fraction of sp³-hybridized carbons (Fsp3) is 0.444. The minimum absolute atomic E-state index is 0.719. The van der Waals surface area contributed by atoms with Crippen LogP contribution in [0, 0.1) is 0 Å². The molecule has 0 saturated heterocycles. The van der Waals surface area contributed by atoms with Gasteiger partial charge in [-0.15, -0.1) is 0 Å². The highest BCUT2D eigenvalue weighted by Gasteiger charge is 2.08. The summed E-state index contributed by atoms with van der Waals surface area (Å²) in [6, 6.07) is 12.7. The Morgan fingerprint density at radius 2 is 1.90 bits per heavy atom. The molecule has 0 spiro atoms. The number of hydrogen-bond donors (Lipinski definition) is 1. The molecule has 0 radical (unpaired) electrons. The van der Waals surface area contributed by atoms with Gasteiger partial charge < -0.3 is 14.8 Å². The van der Waals surface area contributed by atoms with Crippen molar-refractivity contribution in [2.45, 2.75) is 26.3 Å². The minimum Gasteiger partial charge on any atom is -0.493 e. The van der Waals surface area contributed by atoms with Gasteiger partial charge in [0.15, 0.2) is 0 Å². The van der Waals surface area contributed by atoms with Crippen molar-refractivity contribution >= 4 is 10.8 Å². The molecule has 0 amide bonds. The van der Waals surface area contributed by atoms with Gasteiger partial charge in [0.25, 0.3) is 0 Å². The monoisotopic (exact) mass is 287 g/mol. The van der Waals surface area contributed by atoms with Crippen molar-refractivity contribution in [1.29, 1.82) is 0 Å². The molecule has 0 aliphatic heterocycles. The van der Waals surface area contributed by atoms with Gasteiger partial charge in [0.05, 0.1) is 13.2 Å². The smallest absolute Gasteiger partial charge is 0.124 e. The zero-order valence-electron chi connectivity index (χ0n) is 13.0. The molecule has 0 aliphatic carbocycles. The largest absolute Gasteiger partial charge is 0.493 e. The van der Waals surface area contributed by atoms with E-state index in [2.05, 4.69) is 48.6 Å². The summed E-state index contributed by atoms with van der Waals surface area (Å²) in [5.41, 5.74) is 1.24. The molecule has 2 aromatic rings. The number of hydrogen-bond acceptors (Lipinski definition) is 3. The highest BCUT2D eigenvalue weighted by atomic mass is 16.5. The van der Waals surface area contributed by atoms with Crippen LogP contribution in [-0.2, 0) is 11.3 Å². The van der Waals surface area contributed by atoms with E-state index in [1.165, 1.54) is 16.3 Å². The van der Waals surface area contributed by atoms with E-state index in [4.69, 9.17) is 9.47 Å². The Morgan fingerprint density at radius 1 is 1.05 bits per heavy atom. The third-order valence-corrected chi connectivity index (χ3v) is 3.54. The van der Waals surface area contributed by atoms with Crippen LogP contribution in [0.2, 0.25) is 0 Å². The molecule has 0 aromatic heterocycles. The summed E-state index contributed by atoms with van der Waals surface area (Å²) in [6.07, 6.45) is 2.23. The number of rotatable bonds is 9. The SMILES string of the molecule is CCCCOc1ccc2ccccc2c1CNCCOC. The molecule has 0 saturated carbocycles. The lowest BCUT2D eigenvalue weighted by Gasteiger charge is -2.15. The van der Waals surface area contributed by atoms with Crippen LogP contribution >= 0.6 is 0 Å². The van der Waals surface area contributed by atoms with Gasteiger partial charge in [-0.05, 0) is 23.3 Å². The molecule has 2 aromatic carbocycles. The van der Waals surface area contributed by atoms with E-state index in [0.717, 1.165) is 44.9 Å². The lowest BCUT2D eigenvalue weighted by molar-refractivity contribution is 0.199. The van der Waals surface area contributed by atoms with Crippen molar-refractivity contribution in [3.8, 4) is 5.75 Å². The van der Waals surface area contributed by atoms with E-state index >= 15 is 0 Å². The third kappa shape index (κ3) is 4.45. The van der Waals surface area contributed by atoms with Crippen LogP contribution in [0.3, 0.4) is 0 Å². The first-order valence-corrected chi connectivity index (χ1v) is 7.70. The Bertz CT molecular complexity index is 554. The van der Waals surface area contributed by atoms with Gasteiger partial charge >= 0.3 is 0 Å². The fourth-order valence-corrected chi connectivity index (χ4v) is 2.35. The van der Waals surface area contributed by atoms with Crippen LogP contribution in [0.5, 0.6) is 5.75 Å². The van der Waals surface area contributed by atoms with Gasteiger partial charge in [-0.3, -0.25) is 0 Å². The van der Waals surface area contributed by atoms with Crippen LogP contribution < -0.4 is 10.1 Å². The van der Waals surface area contributed by atoms with Gasteiger partial charge in [0.1, 0.15) is 5.75 Å². The molecule has 0 bridgehead atoms. The Kier molecular flexibility index (Phi) is 6.51. The molecular weight excluding hydrogens is 262 g/mol. The molecule has 0 unspecified atom stereocenters. The highest BCUT2D eigenvalue weighted by molar-refractivity contribution is 5.87. The van der Waals surface area contributed by atoms with E-state index in [9.17, 15) is 0 Å². The maximum Gasteiger partial charge on any atom is 0.124 e. The average Bonchev–Trinajstić information content (AvgIpc) is 2.53. The maximum absolute atomic E-state index is 5.97. The van der Waals surface area contributed by atoms with Gasteiger partial charge in [0.2, 0.25) is 0 Å². The quantitative estimate of drug-likeness (QED) is 0.712. The zero-order chi connectivity index (χ0) is 14.9. The van der Waals surface area contributed by atoms with Crippen molar-refractivity contribution in [1.82, 2.24) is 5.32 Å². The van der Waals surface area contributed by atoms with E-state index < -0.39 is 0 Å². The molecule has 21 heavy (non-hydrogen) atoms. The number of unbranched alkanes of at least 4 members (excludes halogenated alkanes) is 1. The number of methoxy groups -OCH3 is 1. The van der Waals surface area contributed by atoms with Crippen molar-refractivity contribution < 1.29 is 9.47 Å². The van der Waals surface area contributed by atoms with Gasteiger partial charge in [-0.1, -0.05) is 43.7 Å². The second kappa shape index (κ2) is 8.65. The third-order valence-electron chi connectivity index (χ3n) is 3.54. The van der Waals surface area contributed by atoms with Gasteiger partial charge in [0, 0.05) is 25.8 Å².